The first kappa shape index (κ1) is 24.8. The normalized spacial score (nSPS) is 21.4. The van der Waals surface area contributed by atoms with Gasteiger partial charge in [0.25, 0.3) is 5.91 Å². The number of hydrogen-bond acceptors (Lipinski definition) is 5. The van der Waals surface area contributed by atoms with Crippen LogP contribution < -0.4 is 15.4 Å². The van der Waals surface area contributed by atoms with Crippen molar-refractivity contribution in [3.63, 3.8) is 0 Å². The number of nitrogens with one attached hydrogen (secondary N) is 2. The Balaban J connectivity index is 1.96. The van der Waals surface area contributed by atoms with Gasteiger partial charge >= 0.3 is 6.03 Å². The highest BCUT2D eigenvalue weighted by molar-refractivity contribution is 6.02. The number of aliphatic hydroxyl groups excluding tert-OH is 1. The lowest BCUT2D eigenvalue weighted by molar-refractivity contribution is -0.117. The Kier molecular flexibility index (Phi) is 7.84. The lowest BCUT2D eigenvalue weighted by Gasteiger charge is -2.38. The van der Waals surface area contributed by atoms with Gasteiger partial charge in [0.15, 0.2) is 5.75 Å². The summed E-state index contributed by atoms with van der Waals surface area (Å²) in [6.45, 7) is 8.02. The van der Waals surface area contributed by atoms with Crippen LogP contribution in [0.15, 0.2) is 18.2 Å². The van der Waals surface area contributed by atoms with E-state index < -0.39 is 12.1 Å². The number of amides is 4. The number of para-hydroxylation sites is 1. The molecule has 33 heavy (non-hydrogen) atoms. The first-order chi connectivity index (χ1) is 15.6. The largest absolute Gasteiger partial charge is 0.485 e. The maximum absolute atomic E-state index is 13.4. The third-order valence-electron chi connectivity index (χ3n) is 6.11. The van der Waals surface area contributed by atoms with E-state index in [1.165, 1.54) is 0 Å². The Morgan fingerprint density at radius 2 is 1.97 bits per heavy atom. The standard InChI is InChI=1S/C24H36N4O5/c1-14(2)25-24(32)27(5)12-20-15(3)11-28(16(4)13-29)23(31)18-7-6-8-19(21(18)33-20)26-22(30)17-9-10-17/h6-8,14-17,20,29H,9-13H2,1-5H3,(H,25,32)(H,26,30)/t15-,16-,20+/m0/s1. The minimum Gasteiger partial charge on any atom is -0.485 e. The molecule has 1 aromatic carbocycles. The van der Waals surface area contributed by atoms with Crippen molar-refractivity contribution in [2.45, 2.75) is 58.7 Å². The summed E-state index contributed by atoms with van der Waals surface area (Å²) in [7, 11) is 1.70. The van der Waals surface area contributed by atoms with Crippen molar-refractivity contribution in [1.29, 1.82) is 0 Å². The second-order valence-electron chi connectivity index (χ2n) is 9.55. The van der Waals surface area contributed by atoms with Crippen molar-refractivity contribution in [2.75, 3.05) is 32.1 Å². The second kappa shape index (κ2) is 10.4. The average molecular weight is 461 g/mol. The minimum absolute atomic E-state index is 0.000827. The monoisotopic (exact) mass is 460 g/mol. The van der Waals surface area contributed by atoms with Gasteiger partial charge in [0.1, 0.15) is 6.10 Å². The molecular formula is C24H36N4O5. The predicted molar refractivity (Wildman–Crippen MR) is 125 cm³/mol. The van der Waals surface area contributed by atoms with Gasteiger partial charge in [-0.25, -0.2) is 4.79 Å². The minimum atomic E-state index is -0.438. The summed E-state index contributed by atoms with van der Waals surface area (Å²) in [6.07, 6.45) is 1.28. The van der Waals surface area contributed by atoms with Gasteiger partial charge in [0.05, 0.1) is 30.4 Å². The second-order valence-corrected chi connectivity index (χ2v) is 9.55. The maximum Gasteiger partial charge on any atom is 0.317 e. The molecule has 1 heterocycles. The highest BCUT2D eigenvalue weighted by atomic mass is 16.5. The van der Waals surface area contributed by atoms with E-state index in [2.05, 4.69) is 10.6 Å². The summed E-state index contributed by atoms with van der Waals surface area (Å²) in [5.41, 5.74) is 0.776. The number of hydrogen-bond donors (Lipinski definition) is 3. The molecule has 182 valence electrons. The molecule has 0 bridgehead atoms. The van der Waals surface area contributed by atoms with Crippen molar-refractivity contribution >= 4 is 23.5 Å². The van der Waals surface area contributed by atoms with Crippen molar-refractivity contribution in [1.82, 2.24) is 15.1 Å². The van der Waals surface area contributed by atoms with E-state index in [1.54, 1.807) is 42.0 Å². The van der Waals surface area contributed by atoms with Gasteiger partial charge in [-0.05, 0) is 45.7 Å². The lowest BCUT2D eigenvalue weighted by Crippen LogP contribution is -2.51. The van der Waals surface area contributed by atoms with E-state index in [0.29, 0.717) is 30.1 Å². The van der Waals surface area contributed by atoms with Crippen LogP contribution in [-0.4, -0.2) is 77.7 Å². The van der Waals surface area contributed by atoms with Crippen molar-refractivity contribution in [3.8, 4) is 5.75 Å². The lowest BCUT2D eigenvalue weighted by atomic mass is 9.99. The molecule has 3 rings (SSSR count). The van der Waals surface area contributed by atoms with E-state index in [4.69, 9.17) is 4.74 Å². The molecule has 4 amide bonds. The number of benzene rings is 1. The van der Waals surface area contributed by atoms with Crippen LogP contribution in [0.5, 0.6) is 5.75 Å². The van der Waals surface area contributed by atoms with Gasteiger partial charge in [-0.1, -0.05) is 13.0 Å². The summed E-state index contributed by atoms with van der Waals surface area (Å²) in [5.74, 6) is -0.180. The smallest absolute Gasteiger partial charge is 0.317 e. The van der Waals surface area contributed by atoms with Gasteiger partial charge in [-0.2, -0.15) is 0 Å². The van der Waals surface area contributed by atoms with Crippen LogP contribution in [0.3, 0.4) is 0 Å². The third-order valence-corrected chi connectivity index (χ3v) is 6.11. The zero-order valence-corrected chi connectivity index (χ0v) is 20.1. The number of carbonyl (C=O) groups excluding carboxylic acids is 3. The highest BCUT2D eigenvalue weighted by Gasteiger charge is 2.36. The van der Waals surface area contributed by atoms with Crippen LogP contribution >= 0.6 is 0 Å². The van der Waals surface area contributed by atoms with Crippen LogP contribution in [0.1, 0.15) is 50.9 Å². The molecule has 1 aromatic rings. The molecule has 1 fully saturated rings. The van der Waals surface area contributed by atoms with Crippen LogP contribution in [0, 0.1) is 11.8 Å². The molecule has 1 aliphatic heterocycles. The number of aliphatic hydroxyl groups is 1. The molecule has 0 saturated heterocycles. The molecule has 1 aliphatic carbocycles. The van der Waals surface area contributed by atoms with E-state index in [-0.39, 0.29) is 42.3 Å². The van der Waals surface area contributed by atoms with Gasteiger partial charge in [0, 0.05) is 31.5 Å². The third kappa shape index (κ3) is 5.96. The quantitative estimate of drug-likeness (QED) is 0.578. The summed E-state index contributed by atoms with van der Waals surface area (Å²) in [6, 6.07) is 4.51. The Morgan fingerprint density at radius 3 is 2.58 bits per heavy atom. The average Bonchev–Trinajstić information content (AvgIpc) is 3.61. The van der Waals surface area contributed by atoms with E-state index in [9.17, 15) is 19.5 Å². The fraction of sp³-hybridized carbons (Fsp3) is 0.625. The highest BCUT2D eigenvalue weighted by Crippen LogP contribution is 2.37. The topological polar surface area (TPSA) is 111 Å². The van der Waals surface area contributed by atoms with Crippen molar-refractivity contribution < 1.29 is 24.2 Å². The van der Waals surface area contributed by atoms with Gasteiger partial charge in [-0.15, -0.1) is 0 Å². The molecule has 9 heteroatoms. The molecule has 0 aromatic heterocycles. The molecule has 2 aliphatic rings. The Bertz CT molecular complexity index is 886. The number of fused-ring (bicyclic) bond motifs is 1. The number of nitrogens with zero attached hydrogens (tertiary/aromatic N) is 2. The SMILES string of the molecule is CC(C)NC(=O)N(C)C[C@H]1Oc2c(NC(=O)C3CC3)cccc2C(=O)N([C@@H](C)CO)C[C@@H]1C. The molecule has 0 spiro atoms. The van der Waals surface area contributed by atoms with Crippen LogP contribution in [0.2, 0.25) is 0 Å². The molecule has 1 saturated carbocycles. The summed E-state index contributed by atoms with van der Waals surface area (Å²) < 4.78 is 6.39. The summed E-state index contributed by atoms with van der Waals surface area (Å²) >= 11 is 0. The first-order valence-corrected chi connectivity index (χ1v) is 11.7. The molecule has 0 radical (unpaired) electrons. The van der Waals surface area contributed by atoms with Crippen molar-refractivity contribution in [3.05, 3.63) is 23.8 Å². The van der Waals surface area contributed by atoms with Gasteiger partial charge in [0.2, 0.25) is 5.91 Å². The Hall–Kier alpha value is -2.81. The molecule has 0 unspecified atom stereocenters. The molecular weight excluding hydrogens is 424 g/mol. The van der Waals surface area contributed by atoms with Crippen LogP contribution in [0.25, 0.3) is 0 Å². The number of carbonyl (C=O) groups is 3. The molecule has 9 nitrogen and oxygen atoms in total. The molecule has 3 atom stereocenters. The van der Waals surface area contributed by atoms with Gasteiger partial charge < -0.3 is 30.3 Å². The van der Waals surface area contributed by atoms with E-state index in [1.807, 2.05) is 20.8 Å². The van der Waals surface area contributed by atoms with Gasteiger partial charge in [-0.3, -0.25) is 9.59 Å². The van der Waals surface area contributed by atoms with E-state index in [0.717, 1.165) is 12.8 Å². The number of ether oxygens (including phenoxy) is 1. The molecule has 3 N–H and O–H groups in total. The van der Waals surface area contributed by atoms with Crippen LogP contribution in [-0.2, 0) is 4.79 Å². The maximum atomic E-state index is 13.4. The summed E-state index contributed by atoms with van der Waals surface area (Å²) in [4.78, 5) is 41.6. The Morgan fingerprint density at radius 1 is 1.27 bits per heavy atom. The number of urea groups is 1. The zero-order valence-electron chi connectivity index (χ0n) is 20.1. The Labute approximate surface area is 195 Å². The zero-order chi connectivity index (χ0) is 24.3. The fourth-order valence-corrected chi connectivity index (χ4v) is 3.85. The number of anilines is 1. The van der Waals surface area contributed by atoms with Crippen molar-refractivity contribution in [2.24, 2.45) is 11.8 Å². The summed E-state index contributed by atoms with van der Waals surface area (Å²) in [5, 5.41) is 15.6. The predicted octanol–water partition coefficient (Wildman–Crippen LogP) is 2.30. The number of rotatable bonds is 7. The fourth-order valence-electron chi connectivity index (χ4n) is 3.85. The van der Waals surface area contributed by atoms with E-state index >= 15 is 0 Å². The number of likely N-dealkylation sites (N-methyl/N-ethyl adjacent to an activating group) is 1. The van der Waals surface area contributed by atoms with Crippen LogP contribution in [0.4, 0.5) is 10.5 Å². The first-order valence-electron chi connectivity index (χ1n) is 11.7.